The molecule has 0 aliphatic heterocycles. The molecule has 2 aromatic rings. The molecule has 4 heteroatoms. The number of aromatic nitrogens is 1. The molecule has 2 atom stereocenters. The van der Waals surface area contributed by atoms with Crippen molar-refractivity contribution >= 4 is 11.1 Å². The Morgan fingerprint density at radius 2 is 2.29 bits per heavy atom. The molecule has 0 amide bonds. The van der Waals surface area contributed by atoms with Gasteiger partial charge >= 0.3 is 0 Å². The summed E-state index contributed by atoms with van der Waals surface area (Å²) in [5.74, 6) is 0.467. The number of nitrogens with two attached hydrogens (primary N) is 1. The second-order valence-corrected chi connectivity index (χ2v) is 4.13. The molecular formula is C13H15N3O. The van der Waals surface area contributed by atoms with Crippen molar-refractivity contribution in [3.63, 3.8) is 0 Å². The molecule has 0 fully saturated rings. The maximum absolute atomic E-state index is 9.01. The van der Waals surface area contributed by atoms with Crippen LogP contribution >= 0.6 is 0 Å². The Labute approximate surface area is 100 Å². The van der Waals surface area contributed by atoms with Crippen molar-refractivity contribution in [2.75, 3.05) is 0 Å². The Morgan fingerprint density at radius 3 is 2.94 bits per heavy atom. The number of hydrogen-bond acceptors (Lipinski definition) is 4. The van der Waals surface area contributed by atoms with Crippen LogP contribution < -0.4 is 5.73 Å². The van der Waals surface area contributed by atoms with Gasteiger partial charge in [0.2, 0.25) is 0 Å². The van der Waals surface area contributed by atoms with E-state index in [-0.39, 0.29) is 12.0 Å². The zero-order valence-corrected chi connectivity index (χ0v) is 9.97. The minimum Gasteiger partial charge on any atom is -0.441 e. The largest absolute Gasteiger partial charge is 0.441 e. The van der Waals surface area contributed by atoms with Gasteiger partial charge in [-0.3, -0.25) is 0 Å². The summed E-state index contributed by atoms with van der Waals surface area (Å²) >= 11 is 0. The first-order valence-corrected chi connectivity index (χ1v) is 5.68. The van der Waals surface area contributed by atoms with Crippen molar-refractivity contribution in [3.8, 4) is 6.07 Å². The molecule has 0 aliphatic rings. The van der Waals surface area contributed by atoms with E-state index in [4.69, 9.17) is 15.4 Å². The Kier molecular flexibility index (Phi) is 3.12. The fourth-order valence-electron chi connectivity index (χ4n) is 1.92. The van der Waals surface area contributed by atoms with Gasteiger partial charge in [0.25, 0.3) is 0 Å². The third-order valence-electron chi connectivity index (χ3n) is 2.94. The van der Waals surface area contributed by atoms with Crippen LogP contribution in [0.5, 0.6) is 0 Å². The Morgan fingerprint density at radius 1 is 1.53 bits per heavy atom. The monoisotopic (exact) mass is 229 g/mol. The summed E-state index contributed by atoms with van der Waals surface area (Å²) in [6, 6.07) is 7.62. The van der Waals surface area contributed by atoms with E-state index in [1.165, 1.54) is 0 Å². The zero-order chi connectivity index (χ0) is 12.4. The Balaban J connectivity index is 2.39. The van der Waals surface area contributed by atoms with E-state index >= 15 is 0 Å². The van der Waals surface area contributed by atoms with Crippen LogP contribution in [0.1, 0.15) is 30.8 Å². The van der Waals surface area contributed by atoms with Gasteiger partial charge in [-0.25, -0.2) is 4.98 Å². The van der Waals surface area contributed by atoms with E-state index in [0.717, 1.165) is 23.1 Å². The molecule has 1 heterocycles. The number of hydrogen-bond donors (Lipinski definition) is 1. The molecule has 2 N–H and O–H groups in total. The molecule has 0 saturated carbocycles. The molecule has 88 valence electrons. The van der Waals surface area contributed by atoms with Crippen LogP contribution in [0, 0.1) is 24.2 Å². The van der Waals surface area contributed by atoms with Crippen LogP contribution in [0.4, 0.5) is 0 Å². The predicted octanol–water partition coefficient (Wildman–Crippen LogP) is 2.69. The van der Waals surface area contributed by atoms with E-state index in [0.29, 0.717) is 5.89 Å². The SMILES string of the molecule is CCC(C#N)C(N)c1ccc2nc(C)oc2c1. The summed E-state index contributed by atoms with van der Waals surface area (Å²) in [7, 11) is 0. The third-order valence-corrected chi connectivity index (χ3v) is 2.94. The van der Waals surface area contributed by atoms with E-state index in [9.17, 15) is 0 Å². The minimum absolute atomic E-state index is 0.170. The standard InChI is InChI=1S/C13H15N3O/c1-3-9(7-14)13(15)10-4-5-11-12(6-10)17-8(2)16-11/h4-6,9,13H,3,15H2,1-2H3. The van der Waals surface area contributed by atoms with Crippen LogP contribution in [0.15, 0.2) is 22.6 Å². The van der Waals surface area contributed by atoms with Crippen molar-refractivity contribution in [2.45, 2.75) is 26.3 Å². The maximum atomic E-state index is 9.01. The highest BCUT2D eigenvalue weighted by molar-refractivity contribution is 5.73. The van der Waals surface area contributed by atoms with Gasteiger partial charge in [0.1, 0.15) is 5.52 Å². The molecular weight excluding hydrogens is 214 g/mol. The van der Waals surface area contributed by atoms with E-state index in [2.05, 4.69) is 11.1 Å². The highest BCUT2D eigenvalue weighted by Crippen LogP contribution is 2.25. The van der Waals surface area contributed by atoms with Crippen molar-refractivity contribution < 1.29 is 4.42 Å². The second kappa shape index (κ2) is 4.56. The van der Waals surface area contributed by atoms with Gasteiger partial charge in [0, 0.05) is 13.0 Å². The first-order valence-electron chi connectivity index (χ1n) is 5.68. The molecule has 1 aromatic heterocycles. The van der Waals surface area contributed by atoms with Gasteiger partial charge in [0.15, 0.2) is 11.5 Å². The Bertz CT molecular complexity index is 568. The number of fused-ring (bicyclic) bond motifs is 1. The van der Waals surface area contributed by atoms with Gasteiger partial charge < -0.3 is 10.2 Å². The van der Waals surface area contributed by atoms with Crippen LogP contribution in [0.2, 0.25) is 0 Å². The molecule has 0 spiro atoms. The van der Waals surface area contributed by atoms with Crippen molar-refractivity contribution in [1.82, 2.24) is 4.98 Å². The van der Waals surface area contributed by atoms with Crippen molar-refractivity contribution in [3.05, 3.63) is 29.7 Å². The molecule has 17 heavy (non-hydrogen) atoms. The summed E-state index contributed by atoms with van der Waals surface area (Å²) in [5, 5.41) is 9.01. The first-order chi connectivity index (χ1) is 8.15. The van der Waals surface area contributed by atoms with E-state index in [1.807, 2.05) is 32.0 Å². The van der Waals surface area contributed by atoms with Crippen molar-refractivity contribution in [1.29, 1.82) is 5.26 Å². The highest BCUT2D eigenvalue weighted by atomic mass is 16.3. The molecule has 0 aliphatic carbocycles. The Hall–Kier alpha value is -1.86. The minimum atomic E-state index is -0.278. The fraction of sp³-hybridized carbons (Fsp3) is 0.385. The summed E-state index contributed by atoms with van der Waals surface area (Å²) in [6.07, 6.45) is 0.741. The first kappa shape index (κ1) is 11.6. The molecule has 2 unspecified atom stereocenters. The average Bonchev–Trinajstić information content (AvgIpc) is 2.69. The topological polar surface area (TPSA) is 75.8 Å². The van der Waals surface area contributed by atoms with Crippen LogP contribution in [-0.2, 0) is 0 Å². The lowest BCUT2D eigenvalue weighted by Crippen LogP contribution is -2.19. The number of nitriles is 1. The number of aryl methyl sites for hydroxylation is 1. The van der Waals surface area contributed by atoms with E-state index < -0.39 is 0 Å². The maximum Gasteiger partial charge on any atom is 0.192 e. The number of oxazole rings is 1. The number of rotatable bonds is 3. The molecule has 4 nitrogen and oxygen atoms in total. The summed E-state index contributed by atoms with van der Waals surface area (Å²) in [6.45, 7) is 3.77. The number of benzene rings is 1. The molecule has 0 radical (unpaired) electrons. The summed E-state index contributed by atoms with van der Waals surface area (Å²) in [4.78, 5) is 4.23. The lowest BCUT2D eigenvalue weighted by Gasteiger charge is -2.15. The lowest BCUT2D eigenvalue weighted by atomic mass is 9.93. The second-order valence-electron chi connectivity index (χ2n) is 4.13. The average molecular weight is 229 g/mol. The van der Waals surface area contributed by atoms with Gasteiger partial charge in [-0.1, -0.05) is 13.0 Å². The van der Waals surface area contributed by atoms with Gasteiger partial charge in [0.05, 0.1) is 12.0 Å². The van der Waals surface area contributed by atoms with Crippen molar-refractivity contribution in [2.24, 2.45) is 11.7 Å². The van der Waals surface area contributed by atoms with Crippen LogP contribution in [0.3, 0.4) is 0 Å². The quantitative estimate of drug-likeness (QED) is 0.877. The van der Waals surface area contributed by atoms with Gasteiger partial charge in [-0.05, 0) is 24.1 Å². The summed E-state index contributed by atoms with van der Waals surface area (Å²) < 4.78 is 5.46. The molecule has 0 bridgehead atoms. The fourth-order valence-corrected chi connectivity index (χ4v) is 1.92. The van der Waals surface area contributed by atoms with E-state index in [1.54, 1.807) is 0 Å². The molecule has 0 saturated heterocycles. The van der Waals surface area contributed by atoms with Gasteiger partial charge in [-0.15, -0.1) is 0 Å². The smallest absolute Gasteiger partial charge is 0.192 e. The molecule has 2 rings (SSSR count). The van der Waals surface area contributed by atoms with Crippen LogP contribution in [-0.4, -0.2) is 4.98 Å². The number of nitrogens with zero attached hydrogens (tertiary/aromatic N) is 2. The third kappa shape index (κ3) is 2.15. The van der Waals surface area contributed by atoms with Gasteiger partial charge in [-0.2, -0.15) is 5.26 Å². The highest BCUT2D eigenvalue weighted by Gasteiger charge is 2.18. The predicted molar refractivity (Wildman–Crippen MR) is 65.1 cm³/mol. The summed E-state index contributed by atoms with van der Waals surface area (Å²) in [5.41, 5.74) is 8.54. The van der Waals surface area contributed by atoms with Crippen LogP contribution in [0.25, 0.3) is 11.1 Å². The lowest BCUT2D eigenvalue weighted by molar-refractivity contribution is 0.516. The molecule has 1 aromatic carbocycles. The normalized spacial score (nSPS) is 14.5. The zero-order valence-electron chi connectivity index (χ0n) is 9.97.